The quantitative estimate of drug-likeness (QED) is 0.571. The van der Waals surface area contributed by atoms with E-state index in [9.17, 15) is 8.42 Å². The Morgan fingerprint density at radius 2 is 2.06 bits per heavy atom. The molecule has 0 aromatic carbocycles. The Bertz CT molecular complexity index is 450. The second-order valence-corrected chi connectivity index (χ2v) is 5.76. The van der Waals surface area contributed by atoms with Gasteiger partial charge in [-0.3, -0.25) is 0 Å². The van der Waals surface area contributed by atoms with Gasteiger partial charge in [-0.25, -0.2) is 18.1 Å². The molecule has 0 fully saturated rings. The molecule has 4 N–H and O–H groups in total. The van der Waals surface area contributed by atoms with Crippen LogP contribution in [0.1, 0.15) is 25.7 Å². The summed E-state index contributed by atoms with van der Waals surface area (Å²) in [6.07, 6.45) is 4.62. The standard InChI is InChI=1S/C10H20N4O3S/c1-14-8-12-9(11)10(14)18(16,17)13-6-4-2-3-5-7-15/h8,13,15H,2-7,11H2,1H3. The van der Waals surface area contributed by atoms with Crippen LogP contribution in [0.4, 0.5) is 5.82 Å². The Morgan fingerprint density at radius 1 is 1.39 bits per heavy atom. The second kappa shape index (κ2) is 6.72. The lowest BCUT2D eigenvalue weighted by molar-refractivity contribution is 0.282. The monoisotopic (exact) mass is 276 g/mol. The Balaban J connectivity index is 2.46. The van der Waals surface area contributed by atoms with Crippen molar-refractivity contribution < 1.29 is 13.5 Å². The molecule has 0 unspecified atom stereocenters. The molecule has 0 aliphatic heterocycles. The van der Waals surface area contributed by atoms with Crippen molar-refractivity contribution in [2.75, 3.05) is 18.9 Å². The molecule has 0 amide bonds. The first-order valence-electron chi connectivity index (χ1n) is 5.86. The summed E-state index contributed by atoms with van der Waals surface area (Å²) < 4.78 is 27.7. The molecular weight excluding hydrogens is 256 g/mol. The number of imidazole rings is 1. The number of aliphatic hydroxyl groups excluding tert-OH is 1. The fourth-order valence-electron chi connectivity index (χ4n) is 1.63. The molecule has 18 heavy (non-hydrogen) atoms. The van der Waals surface area contributed by atoms with Gasteiger partial charge in [-0.15, -0.1) is 0 Å². The summed E-state index contributed by atoms with van der Waals surface area (Å²) in [7, 11) is -2.01. The van der Waals surface area contributed by atoms with Gasteiger partial charge in [0.25, 0.3) is 10.0 Å². The summed E-state index contributed by atoms with van der Waals surface area (Å²) >= 11 is 0. The van der Waals surface area contributed by atoms with Crippen molar-refractivity contribution in [3.8, 4) is 0 Å². The first-order valence-corrected chi connectivity index (χ1v) is 7.34. The number of aromatic nitrogens is 2. The molecule has 0 atom stereocenters. The van der Waals surface area contributed by atoms with E-state index in [1.165, 1.54) is 10.9 Å². The minimum atomic E-state index is -3.59. The predicted molar refractivity (Wildman–Crippen MR) is 68.4 cm³/mol. The number of aliphatic hydroxyl groups is 1. The van der Waals surface area contributed by atoms with E-state index in [2.05, 4.69) is 9.71 Å². The van der Waals surface area contributed by atoms with E-state index in [0.717, 1.165) is 25.7 Å². The molecular formula is C10H20N4O3S. The number of nitrogens with zero attached hydrogens (tertiary/aromatic N) is 2. The van der Waals surface area contributed by atoms with Gasteiger partial charge in [0.1, 0.15) is 0 Å². The molecule has 104 valence electrons. The summed E-state index contributed by atoms with van der Waals surface area (Å²) in [6.45, 7) is 0.537. The summed E-state index contributed by atoms with van der Waals surface area (Å²) in [5, 5.41) is 8.60. The highest BCUT2D eigenvalue weighted by molar-refractivity contribution is 7.89. The lowest BCUT2D eigenvalue weighted by atomic mass is 10.2. The highest BCUT2D eigenvalue weighted by Gasteiger charge is 2.21. The van der Waals surface area contributed by atoms with Crippen molar-refractivity contribution in [2.45, 2.75) is 30.7 Å². The maximum absolute atomic E-state index is 11.9. The summed E-state index contributed by atoms with van der Waals surface area (Å²) in [5.74, 6) is 0.00489. The number of rotatable bonds is 8. The zero-order chi connectivity index (χ0) is 13.6. The van der Waals surface area contributed by atoms with Crippen molar-refractivity contribution in [3.63, 3.8) is 0 Å². The minimum Gasteiger partial charge on any atom is -0.396 e. The van der Waals surface area contributed by atoms with Crippen LogP contribution in [0.3, 0.4) is 0 Å². The fourth-order valence-corrected chi connectivity index (χ4v) is 2.93. The zero-order valence-corrected chi connectivity index (χ0v) is 11.3. The van der Waals surface area contributed by atoms with Crippen LogP contribution in [0, 0.1) is 0 Å². The van der Waals surface area contributed by atoms with E-state index in [1.807, 2.05) is 0 Å². The van der Waals surface area contributed by atoms with E-state index >= 15 is 0 Å². The number of hydrogen-bond donors (Lipinski definition) is 3. The summed E-state index contributed by atoms with van der Waals surface area (Å²) in [4.78, 5) is 3.74. The van der Waals surface area contributed by atoms with Crippen LogP contribution in [-0.2, 0) is 17.1 Å². The van der Waals surface area contributed by atoms with Gasteiger partial charge in [0.05, 0.1) is 6.33 Å². The van der Waals surface area contributed by atoms with Crippen LogP contribution in [-0.4, -0.2) is 36.2 Å². The SMILES string of the molecule is Cn1cnc(N)c1S(=O)(=O)NCCCCCCO. The third-order valence-electron chi connectivity index (χ3n) is 2.54. The molecule has 1 rings (SSSR count). The van der Waals surface area contributed by atoms with Gasteiger partial charge in [0.2, 0.25) is 0 Å². The topological polar surface area (TPSA) is 110 Å². The Morgan fingerprint density at radius 3 is 2.61 bits per heavy atom. The Kier molecular flexibility index (Phi) is 5.57. The van der Waals surface area contributed by atoms with Crippen LogP contribution in [0.5, 0.6) is 0 Å². The highest BCUT2D eigenvalue weighted by Crippen LogP contribution is 2.14. The van der Waals surface area contributed by atoms with E-state index in [1.54, 1.807) is 7.05 Å². The predicted octanol–water partition coefficient (Wildman–Crippen LogP) is -0.167. The summed E-state index contributed by atoms with van der Waals surface area (Å²) in [5.41, 5.74) is 5.52. The number of hydrogen-bond acceptors (Lipinski definition) is 5. The molecule has 0 radical (unpaired) electrons. The smallest absolute Gasteiger partial charge is 0.260 e. The van der Waals surface area contributed by atoms with Gasteiger partial charge >= 0.3 is 0 Å². The van der Waals surface area contributed by atoms with E-state index in [0.29, 0.717) is 6.54 Å². The number of sulfonamides is 1. The third-order valence-corrected chi connectivity index (χ3v) is 4.13. The van der Waals surface area contributed by atoms with Crippen LogP contribution in [0.2, 0.25) is 0 Å². The first-order chi connectivity index (χ1) is 8.49. The molecule has 0 saturated carbocycles. The molecule has 1 aromatic heterocycles. The third kappa shape index (κ3) is 3.97. The molecule has 0 aliphatic rings. The number of nitrogens with two attached hydrogens (primary N) is 1. The summed E-state index contributed by atoms with van der Waals surface area (Å²) in [6, 6.07) is 0. The molecule has 0 spiro atoms. The Labute approximate surface area is 107 Å². The second-order valence-electron chi connectivity index (χ2n) is 4.08. The zero-order valence-electron chi connectivity index (χ0n) is 10.5. The normalized spacial score (nSPS) is 11.9. The fraction of sp³-hybridized carbons (Fsp3) is 0.700. The van der Waals surface area contributed by atoms with Gasteiger partial charge in [0.15, 0.2) is 10.8 Å². The Hall–Kier alpha value is -1.12. The largest absolute Gasteiger partial charge is 0.396 e. The lowest BCUT2D eigenvalue weighted by Crippen LogP contribution is -2.27. The minimum absolute atomic E-state index is 0.00198. The molecule has 0 saturated heterocycles. The number of unbranched alkanes of at least 4 members (excludes halogenated alkanes) is 3. The van der Waals surface area contributed by atoms with Crippen molar-refractivity contribution in [3.05, 3.63) is 6.33 Å². The van der Waals surface area contributed by atoms with Gasteiger partial charge in [-0.2, -0.15) is 0 Å². The van der Waals surface area contributed by atoms with E-state index in [-0.39, 0.29) is 17.5 Å². The van der Waals surface area contributed by atoms with Gasteiger partial charge in [-0.1, -0.05) is 12.8 Å². The molecule has 1 aromatic rings. The molecule has 8 heteroatoms. The highest BCUT2D eigenvalue weighted by atomic mass is 32.2. The lowest BCUT2D eigenvalue weighted by Gasteiger charge is -2.07. The van der Waals surface area contributed by atoms with E-state index in [4.69, 9.17) is 10.8 Å². The number of aryl methyl sites for hydroxylation is 1. The van der Waals surface area contributed by atoms with Crippen LogP contribution < -0.4 is 10.5 Å². The van der Waals surface area contributed by atoms with Gasteiger partial charge < -0.3 is 15.4 Å². The van der Waals surface area contributed by atoms with Crippen LogP contribution in [0.25, 0.3) is 0 Å². The molecule has 0 aliphatic carbocycles. The van der Waals surface area contributed by atoms with Crippen molar-refractivity contribution in [1.29, 1.82) is 0 Å². The van der Waals surface area contributed by atoms with Crippen molar-refractivity contribution >= 4 is 15.8 Å². The average molecular weight is 276 g/mol. The maximum Gasteiger partial charge on any atom is 0.260 e. The number of anilines is 1. The molecule has 0 bridgehead atoms. The van der Waals surface area contributed by atoms with Crippen LogP contribution in [0.15, 0.2) is 11.4 Å². The maximum atomic E-state index is 11.9. The van der Waals surface area contributed by atoms with E-state index < -0.39 is 10.0 Å². The molecule has 7 nitrogen and oxygen atoms in total. The van der Waals surface area contributed by atoms with Gasteiger partial charge in [0, 0.05) is 20.2 Å². The number of nitrogen functional groups attached to an aromatic ring is 1. The van der Waals surface area contributed by atoms with Crippen molar-refractivity contribution in [1.82, 2.24) is 14.3 Å². The number of nitrogens with one attached hydrogen (secondary N) is 1. The average Bonchev–Trinajstić information content (AvgIpc) is 2.64. The van der Waals surface area contributed by atoms with Crippen LogP contribution >= 0.6 is 0 Å². The van der Waals surface area contributed by atoms with Gasteiger partial charge in [-0.05, 0) is 12.8 Å². The first kappa shape index (κ1) is 14.9. The van der Waals surface area contributed by atoms with Crippen molar-refractivity contribution in [2.24, 2.45) is 7.05 Å². The molecule has 1 heterocycles.